The van der Waals surface area contributed by atoms with Gasteiger partial charge >= 0.3 is 6.18 Å². The van der Waals surface area contributed by atoms with E-state index in [1.807, 2.05) is 5.43 Å². The largest absolute Gasteiger partial charge is 0.401 e. The summed E-state index contributed by atoms with van der Waals surface area (Å²) in [5.74, 6) is 4.51. The minimum Gasteiger partial charge on any atom is -0.395 e. The van der Waals surface area contributed by atoms with E-state index in [2.05, 4.69) is 0 Å². The van der Waals surface area contributed by atoms with Crippen LogP contribution in [0.1, 0.15) is 19.3 Å². The Labute approximate surface area is 97.7 Å². The van der Waals surface area contributed by atoms with Crippen molar-refractivity contribution in [3.63, 3.8) is 0 Å². The fraction of sp³-hybridized carbons (Fsp3) is 0.889. The van der Waals surface area contributed by atoms with Crippen molar-refractivity contribution in [1.29, 1.82) is 0 Å². The first-order valence-electron chi connectivity index (χ1n) is 5.28. The average Bonchev–Trinajstić information content (AvgIpc) is 2.22. The van der Waals surface area contributed by atoms with Crippen LogP contribution in [0.2, 0.25) is 0 Å². The van der Waals surface area contributed by atoms with Crippen molar-refractivity contribution in [3.05, 3.63) is 0 Å². The van der Waals surface area contributed by atoms with Crippen LogP contribution in [-0.2, 0) is 4.79 Å². The molecule has 0 heterocycles. The third kappa shape index (κ3) is 10.0. The van der Waals surface area contributed by atoms with Crippen LogP contribution >= 0.6 is 0 Å². The predicted octanol–water partition coefficient (Wildman–Crippen LogP) is 0.00320. The molecule has 0 saturated carbocycles. The Hall–Kier alpha value is -0.860. The summed E-state index contributed by atoms with van der Waals surface area (Å²) < 4.78 is 36.4. The summed E-state index contributed by atoms with van der Waals surface area (Å²) in [6.07, 6.45) is -3.17. The molecule has 0 saturated heterocycles. The van der Waals surface area contributed by atoms with Crippen molar-refractivity contribution in [2.45, 2.75) is 25.4 Å². The first kappa shape index (κ1) is 16.1. The van der Waals surface area contributed by atoms with Gasteiger partial charge < -0.3 is 5.11 Å². The lowest BCUT2D eigenvalue weighted by Gasteiger charge is -2.22. The molecule has 0 rings (SSSR count). The topological polar surface area (TPSA) is 78.6 Å². The lowest BCUT2D eigenvalue weighted by molar-refractivity contribution is -0.147. The van der Waals surface area contributed by atoms with Gasteiger partial charge in [-0.2, -0.15) is 13.2 Å². The van der Waals surface area contributed by atoms with Gasteiger partial charge in [0.25, 0.3) is 0 Å². The van der Waals surface area contributed by atoms with E-state index >= 15 is 0 Å². The maximum absolute atomic E-state index is 12.1. The minimum absolute atomic E-state index is 0.0252. The molecule has 102 valence electrons. The van der Waals surface area contributed by atoms with Crippen molar-refractivity contribution in [3.8, 4) is 0 Å². The highest BCUT2D eigenvalue weighted by Gasteiger charge is 2.30. The van der Waals surface area contributed by atoms with Crippen molar-refractivity contribution in [1.82, 2.24) is 10.3 Å². The van der Waals surface area contributed by atoms with Gasteiger partial charge in [0.2, 0.25) is 5.91 Å². The number of nitrogens with zero attached hydrogens (tertiary/aromatic N) is 1. The standard InChI is InChI=1S/C9H18F3N3O2/c10-9(11,12)7-15(5-6-16)4-2-1-3-8(17)14-13/h16H,1-7,13H2,(H,14,17). The first-order valence-corrected chi connectivity index (χ1v) is 5.28. The van der Waals surface area contributed by atoms with Crippen LogP contribution in [0.5, 0.6) is 0 Å². The number of amides is 1. The highest BCUT2D eigenvalue weighted by molar-refractivity contribution is 5.75. The molecule has 0 aromatic heterocycles. The molecule has 8 heteroatoms. The SMILES string of the molecule is NNC(=O)CCCCN(CCO)CC(F)(F)F. The Morgan fingerprint density at radius 3 is 2.41 bits per heavy atom. The van der Waals surface area contributed by atoms with Gasteiger partial charge in [-0.1, -0.05) is 0 Å². The summed E-state index contributed by atoms with van der Waals surface area (Å²) in [5, 5.41) is 8.63. The zero-order chi connectivity index (χ0) is 13.3. The molecule has 0 aliphatic heterocycles. The van der Waals surface area contributed by atoms with Crippen LogP contribution in [0.4, 0.5) is 13.2 Å². The lowest BCUT2D eigenvalue weighted by Crippen LogP contribution is -2.37. The molecule has 0 aliphatic carbocycles. The van der Waals surface area contributed by atoms with Crippen molar-refractivity contribution in [2.24, 2.45) is 5.84 Å². The third-order valence-corrected chi connectivity index (χ3v) is 2.11. The molecule has 0 aromatic rings. The Morgan fingerprint density at radius 2 is 1.94 bits per heavy atom. The molecule has 1 amide bonds. The summed E-state index contributed by atoms with van der Waals surface area (Å²) in [6, 6.07) is 0. The average molecular weight is 257 g/mol. The second-order valence-electron chi connectivity index (χ2n) is 3.64. The number of alkyl halides is 3. The van der Waals surface area contributed by atoms with Gasteiger partial charge in [-0.15, -0.1) is 0 Å². The number of hydrazine groups is 1. The van der Waals surface area contributed by atoms with Crippen molar-refractivity contribution in [2.75, 3.05) is 26.2 Å². The van der Waals surface area contributed by atoms with Crippen LogP contribution in [0.15, 0.2) is 0 Å². The molecular weight excluding hydrogens is 239 g/mol. The quantitative estimate of drug-likeness (QED) is 0.247. The van der Waals surface area contributed by atoms with Crippen LogP contribution in [0, 0.1) is 0 Å². The highest BCUT2D eigenvalue weighted by atomic mass is 19.4. The van der Waals surface area contributed by atoms with Gasteiger partial charge in [-0.05, 0) is 19.4 Å². The van der Waals surface area contributed by atoms with Gasteiger partial charge in [0.1, 0.15) is 0 Å². The number of rotatable bonds is 8. The molecule has 0 aliphatic rings. The summed E-state index contributed by atoms with van der Waals surface area (Å²) >= 11 is 0. The maximum atomic E-state index is 12.1. The maximum Gasteiger partial charge on any atom is 0.401 e. The van der Waals surface area contributed by atoms with Crippen LogP contribution in [0.25, 0.3) is 0 Å². The van der Waals surface area contributed by atoms with Gasteiger partial charge in [0, 0.05) is 13.0 Å². The van der Waals surface area contributed by atoms with Gasteiger partial charge in [-0.3, -0.25) is 15.1 Å². The summed E-state index contributed by atoms with van der Waals surface area (Å²) in [4.78, 5) is 11.9. The Kier molecular flexibility index (Phi) is 7.85. The van der Waals surface area contributed by atoms with Gasteiger partial charge in [-0.25, -0.2) is 5.84 Å². The smallest absolute Gasteiger partial charge is 0.395 e. The number of carbonyl (C=O) groups excluding carboxylic acids is 1. The molecule has 0 radical (unpaired) electrons. The highest BCUT2D eigenvalue weighted by Crippen LogP contribution is 2.16. The number of aliphatic hydroxyl groups is 1. The molecule has 0 bridgehead atoms. The van der Waals surface area contributed by atoms with E-state index in [0.717, 1.165) is 4.90 Å². The number of nitrogens with two attached hydrogens (primary N) is 1. The van der Waals surface area contributed by atoms with Crippen molar-refractivity contribution >= 4 is 5.91 Å². The van der Waals surface area contributed by atoms with Gasteiger partial charge in [0.05, 0.1) is 13.2 Å². The molecular formula is C9H18F3N3O2. The Morgan fingerprint density at radius 1 is 1.29 bits per heavy atom. The number of nitrogens with one attached hydrogen (secondary N) is 1. The molecule has 0 aromatic carbocycles. The van der Waals surface area contributed by atoms with E-state index in [0.29, 0.717) is 12.8 Å². The molecule has 0 unspecified atom stereocenters. The number of hydrogen-bond donors (Lipinski definition) is 3. The zero-order valence-electron chi connectivity index (χ0n) is 9.46. The summed E-state index contributed by atoms with van der Waals surface area (Å²) in [7, 11) is 0. The molecule has 0 spiro atoms. The number of unbranched alkanes of at least 4 members (excludes halogenated alkanes) is 1. The van der Waals surface area contributed by atoms with Gasteiger partial charge in [0.15, 0.2) is 0 Å². The fourth-order valence-corrected chi connectivity index (χ4v) is 1.36. The molecule has 17 heavy (non-hydrogen) atoms. The molecule has 4 N–H and O–H groups in total. The number of aliphatic hydroxyl groups excluding tert-OH is 1. The number of halogens is 3. The normalized spacial score (nSPS) is 11.9. The Bertz CT molecular complexity index is 224. The fourth-order valence-electron chi connectivity index (χ4n) is 1.36. The minimum atomic E-state index is -4.27. The second-order valence-corrected chi connectivity index (χ2v) is 3.64. The summed E-state index contributed by atoms with van der Waals surface area (Å²) in [5.41, 5.74) is 1.94. The van der Waals surface area contributed by atoms with E-state index in [9.17, 15) is 18.0 Å². The van der Waals surface area contributed by atoms with Crippen LogP contribution in [-0.4, -0.2) is 48.3 Å². The van der Waals surface area contributed by atoms with E-state index in [1.54, 1.807) is 0 Å². The molecule has 0 fully saturated rings. The summed E-state index contributed by atoms with van der Waals surface area (Å²) in [6.45, 7) is -1.20. The van der Waals surface area contributed by atoms with Crippen LogP contribution in [0.3, 0.4) is 0 Å². The van der Waals surface area contributed by atoms with E-state index < -0.39 is 12.7 Å². The number of hydrogen-bond acceptors (Lipinski definition) is 4. The first-order chi connectivity index (χ1) is 7.89. The predicted molar refractivity (Wildman–Crippen MR) is 55.8 cm³/mol. The van der Waals surface area contributed by atoms with E-state index in [-0.39, 0.29) is 32.0 Å². The van der Waals surface area contributed by atoms with E-state index in [1.165, 1.54) is 0 Å². The monoisotopic (exact) mass is 257 g/mol. The number of carbonyl (C=O) groups is 1. The Balaban J connectivity index is 3.81. The second kappa shape index (κ2) is 8.26. The van der Waals surface area contributed by atoms with E-state index in [4.69, 9.17) is 10.9 Å². The van der Waals surface area contributed by atoms with Crippen molar-refractivity contribution < 1.29 is 23.1 Å². The third-order valence-electron chi connectivity index (χ3n) is 2.11. The van der Waals surface area contributed by atoms with Crippen LogP contribution < -0.4 is 11.3 Å². The molecule has 0 atom stereocenters. The zero-order valence-corrected chi connectivity index (χ0v) is 9.46. The molecule has 5 nitrogen and oxygen atoms in total. The lowest BCUT2D eigenvalue weighted by atomic mass is 10.2.